The molecular formula is C24H30O2S. The molecule has 4 saturated carbocycles. The van der Waals surface area contributed by atoms with Crippen LogP contribution in [0.15, 0.2) is 30.3 Å². The quantitative estimate of drug-likeness (QED) is 0.647. The van der Waals surface area contributed by atoms with Crippen LogP contribution >= 0.6 is 11.8 Å². The summed E-state index contributed by atoms with van der Waals surface area (Å²) in [6, 6.07) is 10.6. The van der Waals surface area contributed by atoms with E-state index in [0.29, 0.717) is 22.7 Å². The number of hydrogen-bond acceptors (Lipinski definition) is 3. The average Bonchev–Trinajstić information content (AvgIpc) is 3.57. The minimum absolute atomic E-state index is 0.124. The highest BCUT2D eigenvalue weighted by Crippen LogP contribution is 2.75. The molecule has 0 bridgehead atoms. The number of fused-ring (bicyclic) bond motifs is 5. The predicted octanol–water partition coefficient (Wildman–Crippen LogP) is 5.46. The Labute approximate surface area is 166 Å². The molecule has 4 aliphatic carbocycles. The van der Waals surface area contributed by atoms with E-state index in [2.05, 4.69) is 30.3 Å². The Balaban J connectivity index is 1.21. The van der Waals surface area contributed by atoms with Gasteiger partial charge in [-0.15, -0.1) is 0 Å². The van der Waals surface area contributed by atoms with Crippen LogP contribution in [0.25, 0.3) is 0 Å². The second-order valence-corrected chi connectivity index (χ2v) is 11.1. The van der Waals surface area contributed by atoms with Crippen LogP contribution in [0.4, 0.5) is 0 Å². The van der Waals surface area contributed by atoms with E-state index in [1.807, 2.05) is 11.8 Å². The Morgan fingerprint density at radius 1 is 0.963 bits per heavy atom. The lowest BCUT2D eigenvalue weighted by molar-refractivity contribution is -0.147. The molecule has 0 N–H and O–H groups in total. The van der Waals surface area contributed by atoms with Gasteiger partial charge in [-0.2, -0.15) is 11.8 Å². The maximum Gasteiger partial charge on any atom is 0.310 e. The highest BCUT2D eigenvalue weighted by atomic mass is 32.2. The molecule has 144 valence electrons. The van der Waals surface area contributed by atoms with E-state index >= 15 is 0 Å². The Kier molecular flexibility index (Phi) is 3.78. The topological polar surface area (TPSA) is 26.3 Å². The maximum absolute atomic E-state index is 12.9. The first-order valence-corrected chi connectivity index (χ1v) is 12.2. The Morgan fingerprint density at radius 2 is 1.70 bits per heavy atom. The number of hydrogen-bond donors (Lipinski definition) is 0. The van der Waals surface area contributed by atoms with Crippen LogP contribution in [0.2, 0.25) is 0 Å². The molecule has 5 fully saturated rings. The summed E-state index contributed by atoms with van der Waals surface area (Å²) >= 11 is 1.93. The fraction of sp³-hybridized carbons (Fsp3) is 0.708. The van der Waals surface area contributed by atoms with Crippen LogP contribution in [-0.2, 0) is 15.3 Å². The van der Waals surface area contributed by atoms with Crippen molar-refractivity contribution < 1.29 is 9.53 Å². The maximum atomic E-state index is 12.9. The first kappa shape index (κ1) is 16.9. The van der Waals surface area contributed by atoms with Crippen molar-refractivity contribution in [3.8, 4) is 0 Å². The molecule has 1 aromatic rings. The number of carbonyl (C=O) groups is 1. The van der Waals surface area contributed by atoms with Crippen LogP contribution in [0.3, 0.4) is 0 Å². The highest BCUT2D eigenvalue weighted by molar-refractivity contribution is 7.98. The van der Waals surface area contributed by atoms with Crippen molar-refractivity contribution in [2.75, 3.05) is 5.75 Å². The Bertz CT molecular complexity index is 736. The van der Waals surface area contributed by atoms with Gasteiger partial charge < -0.3 is 4.74 Å². The van der Waals surface area contributed by atoms with Gasteiger partial charge in [-0.1, -0.05) is 30.3 Å². The van der Waals surface area contributed by atoms with E-state index in [-0.39, 0.29) is 18.0 Å². The van der Waals surface area contributed by atoms with Gasteiger partial charge in [-0.3, -0.25) is 4.79 Å². The zero-order valence-electron chi connectivity index (χ0n) is 16.1. The Morgan fingerprint density at radius 3 is 2.44 bits per heavy atom. The second-order valence-electron chi connectivity index (χ2n) is 10.1. The second kappa shape index (κ2) is 6.02. The summed E-state index contributed by atoms with van der Waals surface area (Å²) in [7, 11) is 0. The van der Waals surface area contributed by atoms with E-state index < -0.39 is 0 Å². The number of thioether (sulfide) groups is 1. The average molecular weight is 383 g/mol. The molecule has 2 spiro atoms. The SMILES string of the molecule is O=C1O[C@H]2[C@@H](CCC3(CC3)[C@@H]3CCC4(CC4)[C@H]23)[C@@H]1CSCc1ccccc1. The lowest BCUT2D eigenvalue weighted by Crippen LogP contribution is -2.35. The predicted molar refractivity (Wildman–Crippen MR) is 108 cm³/mol. The minimum Gasteiger partial charge on any atom is -0.461 e. The van der Waals surface area contributed by atoms with Crippen molar-refractivity contribution in [2.24, 2.45) is 34.5 Å². The fourth-order valence-corrected chi connectivity index (χ4v) is 8.32. The zero-order valence-corrected chi connectivity index (χ0v) is 16.9. The van der Waals surface area contributed by atoms with Gasteiger partial charge in [0.1, 0.15) is 6.10 Å². The molecule has 1 saturated heterocycles. The molecule has 1 heterocycles. The molecule has 2 nitrogen and oxygen atoms in total. The van der Waals surface area contributed by atoms with E-state index in [1.165, 1.54) is 56.9 Å². The van der Waals surface area contributed by atoms with E-state index in [1.54, 1.807) is 0 Å². The van der Waals surface area contributed by atoms with Crippen molar-refractivity contribution in [1.29, 1.82) is 0 Å². The first-order chi connectivity index (χ1) is 13.2. The normalized spacial score (nSPS) is 39.7. The molecule has 0 amide bonds. The van der Waals surface area contributed by atoms with Gasteiger partial charge in [0.15, 0.2) is 0 Å². The van der Waals surface area contributed by atoms with Gasteiger partial charge in [0, 0.05) is 23.3 Å². The number of benzene rings is 1. The summed E-state index contributed by atoms with van der Waals surface area (Å²) in [5.41, 5.74) is 2.57. The Hall–Kier alpha value is -0.960. The van der Waals surface area contributed by atoms with E-state index in [0.717, 1.165) is 17.4 Å². The zero-order chi connectivity index (χ0) is 18.1. The molecule has 0 radical (unpaired) electrons. The van der Waals surface area contributed by atoms with Crippen molar-refractivity contribution in [3.63, 3.8) is 0 Å². The molecule has 1 aromatic carbocycles. The minimum atomic E-state index is 0.124. The monoisotopic (exact) mass is 382 g/mol. The van der Waals surface area contributed by atoms with Crippen LogP contribution < -0.4 is 0 Å². The lowest BCUT2D eigenvalue weighted by Gasteiger charge is -2.33. The summed E-state index contributed by atoms with van der Waals surface area (Å²) in [5, 5.41) is 0. The molecule has 3 heteroatoms. The van der Waals surface area contributed by atoms with Crippen LogP contribution in [0, 0.1) is 34.5 Å². The molecule has 6 rings (SSSR count). The largest absolute Gasteiger partial charge is 0.461 e. The van der Waals surface area contributed by atoms with E-state index in [9.17, 15) is 4.79 Å². The highest BCUT2D eigenvalue weighted by Gasteiger charge is 2.69. The van der Waals surface area contributed by atoms with Gasteiger partial charge >= 0.3 is 5.97 Å². The molecule has 5 atom stereocenters. The molecule has 5 aliphatic rings. The number of carbonyl (C=O) groups excluding carboxylic acids is 1. The summed E-state index contributed by atoms with van der Waals surface area (Å²) in [6.45, 7) is 0. The molecule has 1 aliphatic heterocycles. The van der Waals surface area contributed by atoms with Gasteiger partial charge in [0.2, 0.25) is 0 Å². The number of esters is 1. The lowest BCUT2D eigenvalue weighted by atomic mass is 9.74. The molecule has 27 heavy (non-hydrogen) atoms. The molecule has 0 unspecified atom stereocenters. The third kappa shape index (κ3) is 2.63. The van der Waals surface area contributed by atoms with Gasteiger partial charge in [-0.05, 0) is 73.7 Å². The molecular weight excluding hydrogens is 352 g/mol. The fourth-order valence-electron chi connectivity index (χ4n) is 7.13. The third-order valence-corrected chi connectivity index (χ3v) is 10.0. The van der Waals surface area contributed by atoms with Gasteiger partial charge in [-0.25, -0.2) is 0 Å². The van der Waals surface area contributed by atoms with Crippen LogP contribution in [-0.4, -0.2) is 17.8 Å². The van der Waals surface area contributed by atoms with Crippen molar-refractivity contribution in [1.82, 2.24) is 0 Å². The van der Waals surface area contributed by atoms with Crippen molar-refractivity contribution in [3.05, 3.63) is 35.9 Å². The van der Waals surface area contributed by atoms with Crippen LogP contribution in [0.5, 0.6) is 0 Å². The standard InChI is InChI=1S/C24H30O2S/c25-22-18(15-27-14-16-4-2-1-3-5-16)17-6-8-23(10-11-23)19-7-9-24(12-13-24)20(19)21(17)26-22/h1-5,17-21H,6-15H2/t17-,18-,19+,20-,21-/m0/s1. The van der Waals surface area contributed by atoms with Crippen molar-refractivity contribution in [2.45, 2.75) is 63.2 Å². The summed E-state index contributed by atoms with van der Waals surface area (Å²) in [5.74, 6) is 4.24. The van der Waals surface area contributed by atoms with Gasteiger partial charge in [0.25, 0.3) is 0 Å². The number of ether oxygens (including phenoxy) is 1. The first-order valence-electron chi connectivity index (χ1n) is 11.0. The summed E-state index contributed by atoms with van der Waals surface area (Å²) in [4.78, 5) is 12.9. The number of rotatable bonds is 4. The third-order valence-electron chi connectivity index (χ3n) is 8.90. The van der Waals surface area contributed by atoms with Crippen molar-refractivity contribution >= 4 is 17.7 Å². The van der Waals surface area contributed by atoms with E-state index in [4.69, 9.17) is 4.74 Å². The van der Waals surface area contributed by atoms with Gasteiger partial charge in [0.05, 0.1) is 5.92 Å². The summed E-state index contributed by atoms with van der Waals surface area (Å²) < 4.78 is 6.22. The summed E-state index contributed by atoms with van der Waals surface area (Å²) in [6.07, 6.45) is 11.4. The smallest absolute Gasteiger partial charge is 0.310 e. The van der Waals surface area contributed by atoms with Crippen LogP contribution in [0.1, 0.15) is 56.9 Å². The molecule has 0 aromatic heterocycles.